The van der Waals surface area contributed by atoms with Gasteiger partial charge in [-0.3, -0.25) is 19.2 Å². The Morgan fingerprint density at radius 2 is 1.86 bits per heavy atom. The minimum absolute atomic E-state index is 0.143. The molecule has 37 heavy (non-hydrogen) atoms. The third-order valence-corrected chi connectivity index (χ3v) is 6.46. The number of nitrogens with one attached hydrogen (secondary N) is 3. The molecule has 2 aromatic carbocycles. The Morgan fingerprint density at radius 3 is 2.62 bits per heavy atom. The van der Waals surface area contributed by atoms with Crippen LogP contribution in [-0.4, -0.2) is 66.7 Å². The number of amides is 3. The number of para-hydroxylation sites is 1. The Kier molecular flexibility index (Phi) is 7.76. The van der Waals surface area contributed by atoms with Gasteiger partial charge in [0.15, 0.2) is 17.3 Å². The summed E-state index contributed by atoms with van der Waals surface area (Å²) in [5, 5.41) is 6.31. The summed E-state index contributed by atoms with van der Waals surface area (Å²) >= 11 is 0. The van der Waals surface area contributed by atoms with E-state index in [9.17, 15) is 19.2 Å². The number of carbonyl (C=O) groups is 4. The first kappa shape index (κ1) is 25.7. The summed E-state index contributed by atoms with van der Waals surface area (Å²) in [6.07, 6.45) is 1.93. The first-order chi connectivity index (χ1) is 17.8. The summed E-state index contributed by atoms with van der Waals surface area (Å²) in [5.74, 6) is -1.58. The number of rotatable bonds is 10. The number of carbonyl (C=O) groups excluding carboxylic acids is 4. The molecule has 10 heteroatoms. The van der Waals surface area contributed by atoms with Crippen molar-refractivity contribution < 1.29 is 28.7 Å². The highest BCUT2D eigenvalue weighted by atomic mass is 16.5. The van der Waals surface area contributed by atoms with Gasteiger partial charge in [0.2, 0.25) is 17.7 Å². The zero-order valence-corrected chi connectivity index (χ0v) is 21.0. The lowest BCUT2D eigenvalue weighted by molar-refractivity contribution is -0.147. The van der Waals surface area contributed by atoms with Crippen LogP contribution in [-0.2, 0) is 32.1 Å². The average Bonchev–Trinajstić information content (AvgIpc) is 3.31. The smallest absolute Gasteiger partial charge is 0.245 e. The fourth-order valence-electron chi connectivity index (χ4n) is 4.48. The molecule has 2 heterocycles. The normalized spacial score (nSPS) is 16.3. The summed E-state index contributed by atoms with van der Waals surface area (Å²) in [4.78, 5) is 55.7. The number of aromatic amines is 1. The van der Waals surface area contributed by atoms with Gasteiger partial charge in [0, 0.05) is 23.6 Å². The van der Waals surface area contributed by atoms with Crippen LogP contribution in [0.4, 0.5) is 0 Å². The standard InChI is InChI=1S/C27H30N4O6/c1-16-27(35)31(15-25(33)30-16)14-22(32)20(11-18-13-28-21-7-5-4-6-19(18)21)26(34)29-12-17-8-9-23(36-2)24(10-17)37-3/h4-10,13,16,20,28H,11-12,14-15H2,1-3H3,(H,29,34)(H,30,33). The number of hydrogen-bond donors (Lipinski definition) is 3. The molecule has 0 radical (unpaired) electrons. The number of fused-ring (bicyclic) bond motifs is 1. The van der Waals surface area contributed by atoms with Gasteiger partial charge < -0.3 is 30.0 Å². The molecule has 1 aliphatic heterocycles. The van der Waals surface area contributed by atoms with Crippen LogP contribution in [0.5, 0.6) is 11.5 Å². The minimum Gasteiger partial charge on any atom is -0.493 e. The Hall–Kier alpha value is -4.34. The molecule has 3 aromatic rings. The number of methoxy groups -OCH3 is 2. The number of ether oxygens (including phenoxy) is 2. The number of piperazine rings is 1. The summed E-state index contributed by atoms with van der Waals surface area (Å²) in [5.41, 5.74) is 2.47. The maximum atomic E-state index is 13.4. The van der Waals surface area contributed by atoms with Gasteiger partial charge in [-0.05, 0) is 42.7 Å². The SMILES string of the molecule is COc1ccc(CNC(=O)C(Cc2c[nH]c3ccccc23)C(=O)CN2CC(=O)NC(C)C2=O)cc1OC. The van der Waals surface area contributed by atoms with Crippen LogP contribution in [0.2, 0.25) is 0 Å². The second-order valence-corrected chi connectivity index (χ2v) is 8.97. The van der Waals surface area contributed by atoms with E-state index in [4.69, 9.17) is 9.47 Å². The van der Waals surface area contributed by atoms with Crippen LogP contribution < -0.4 is 20.1 Å². The van der Waals surface area contributed by atoms with E-state index in [1.807, 2.05) is 24.3 Å². The molecular formula is C27H30N4O6. The zero-order valence-electron chi connectivity index (χ0n) is 21.0. The predicted molar refractivity (Wildman–Crippen MR) is 136 cm³/mol. The third kappa shape index (κ3) is 5.74. The zero-order chi connectivity index (χ0) is 26.5. The van der Waals surface area contributed by atoms with Crippen molar-refractivity contribution in [1.82, 2.24) is 20.5 Å². The number of Topliss-reactive ketones (excluding diaryl/α,β-unsaturated/α-hetero) is 1. The third-order valence-electron chi connectivity index (χ3n) is 6.46. The van der Waals surface area contributed by atoms with Gasteiger partial charge in [-0.2, -0.15) is 0 Å². The molecule has 194 valence electrons. The molecule has 1 saturated heterocycles. The van der Waals surface area contributed by atoms with Crippen molar-refractivity contribution in [3.05, 3.63) is 59.8 Å². The second-order valence-electron chi connectivity index (χ2n) is 8.97. The molecular weight excluding hydrogens is 476 g/mol. The van der Waals surface area contributed by atoms with E-state index in [1.54, 1.807) is 31.3 Å². The maximum absolute atomic E-state index is 13.4. The Bertz CT molecular complexity index is 1330. The monoisotopic (exact) mass is 506 g/mol. The molecule has 3 N–H and O–H groups in total. The van der Waals surface area contributed by atoms with E-state index in [-0.39, 0.29) is 37.9 Å². The number of benzene rings is 2. The van der Waals surface area contributed by atoms with E-state index < -0.39 is 23.7 Å². The van der Waals surface area contributed by atoms with Gasteiger partial charge in [-0.25, -0.2) is 0 Å². The van der Waals surface area contributed by atoms with Crippen LogP contribution in [0.25, 0.3) is 10.9 Å². The summed E-state index contributed by atoms with van der Waals surface area (Å²) < 4.78 is 10.6. The maximum Gasteiger partial charge on any atom is 0.245 e. The summed E-state index contributed by atoms with van der Waals surface area (Å²) in [6, 6.07) is 12.2. The van der Waals surface area contributed by atoms with Gasteiger partial charge in [0.25, 0.3) is 0 Å². The lowest BCUT2D eigenvalue weighted by atomic mass is 9.93. The highest BCUT2D eigenvalue weighted by molar-refractivity contribution is 6.05. The molecule has 3 amide bonds. The average molecular weight is 507 g/mol. The van der Waals surface area contributed by atoms with E-state index in [1.165, 1.54) is 19.1 Å². The van der Waals surface area contributed by atoms with E-state index in [2.05, 4.69) is 15.6 Å². The van der Waals surface area contributed by atoms with Gasteiger partial charge in [0.1, 0.15) is 18.5 Å². The van der Waals surface area contributed by atoms with Crippen molar-refractivity contribution in [2.24, 2.45) is 5.92 Å². The van der Waals surface area contributed by atoms with E-state index in [0.717, 1.165) is 22.0 Å². The molecule has 1 aliphatic rings. The molecule has 0 spiro atoms. The Labute approximate surface area is 214 Å². The van der Waals surface area contributed by atoms with Crippen molar-refractivity contribution >= 4 is 34.4 Å². The minimum atomic E-state index is -1.06. The van der Waals surface area contributed by atoms with Crippen LogP contribution in [0.3, 0.4) is 0 Å². The number of hydrogen-bond acceptors (Lipinski definition) is 6. The Morgan fingerprint density at radius 1 is 1.11 bits per heavy atom. The first-order valence-corrected chi connectivity index (χ1v) is 11.9. The molecule has 10 nitrogen and oxygen atoms in total. The lowest BCUT2D eigenvalue weighted by Crippen LogP contribution is -2.58. The number of ketones is 1. The quantitative estimate of drug-likeness (QED) is 0.358. The molecule has 0 aliphatic carbocycles. The van der Waals surface area contributed by atoms with Crippen LogP contribution in [0, 0.1) is 5.92 Å². The van der Waals surface area contributed by atoms with Crippen LogP contribution in [0.1, 0.15) is 18.1 Å². The van der Waals surface area contributed by atoms with E-state index in [0.29, 0.717) is 11.5 Å². The van der Waals surface area contributed by atoms with Crippen molar-refractivity contribution in [3.63, 3.8) is 0 Å². The highest BCUT2D eigenvalue weighted by Crippen LogP contribution is 2.27. The molecule has 4 rings (SSSR count). The van der Waals surface area contributed by atoms with E-state index >= 15 is 0 Å². The van der Waals surface area contributed by atoms with Gasteiger partial charge >= 0.3 is 0 Å². The topological polar surface area (TPSA) is 130 Å². The lowest BCUT2D eigenvalue weighted by Gasteiger charge is -2.31. The van der Waals surface area contributed by atoms with Gasteiger partial charge in [-0.1, -0.05) is 24.3 Å². The number of nitrogens with zero attached hydrogens (tertiary/aromatic N) is 1. The van der Waals surface area contributed by atoms with Crippen molar-refractivity contribution in [2.45, 2.75) is 25.9 Å². The second kappa shape index (κ2) is 11.2. The summed E-state index contributed by atoms with van der Waals surface area (Å²) in [7, 11) is 3.07. The molecule has 0 bridgehead atoms. The first-order valence-electron chi connectivity index (χ1n) is 11.9. The van der Waals surface area contributed by atoms with Gasteiger partial charge in [-0.15, -0.1) is 0 Å². The fraction of sp³-hybridized carbons (Fsp3) is 0.333. The summed E-state index contributed by atoms with van der Waals surface area (Å²) in [6.45, 7) is 1.18. The van der Waals surface area contributed by atoms with Crippen molar-refractivity contribution in [3.8, 4) is 11.5 Å². The van der Waals surface area contributed by atoms with Crippen molar-refractivity contribution in [1.29, 1.82) is 0 Å². The largest absolute Gasteiger partial charge is 0.493 e. The highest BCUT2D eigenvalue weighted by Gasteiger charge is 2.34. The molecule has 2 unspecified atom stereocenters. The number of aromatic nitrogens is 1. The fourth-order valence-corrected chi connectivity index (χ4v) is 4.48. The molecule has 1 fully saturated rings. The van der Waals surface area contributed by atoms with Crippen molar-refractivity contribution in [2.75, 3.05) is 27.3 Å². The molecule has 0 saturated carbocycles. The molecule has 1 aromatic heterocycles. The molecule has 2 atom stereocenters. The number of H-pyrrole nitrogens is 1. The Balaban J connectivity index is 1.54. The predicted octanol–water partition coefficient (Wildman–Crippen LogP) is 1.58. The van der Waals surface area contributed by atoms with Crippen LogP contribution >= 0.6 is 0 Å². The van der Waals surface area contributed by atoms with Gasteiger partial charge in [0.05, 0.1) is 20.8 Å². The van der Waals surface area contributed by atoms with Crippen LogP contribution in [0.15, 0.2) is 48.7 Å².